The summed E-state index contributed by atoms with van der Waals surface area (Å²) in [4.78, 5) is 21.7. The van der Waals surface area contributed by atoms with E-state index in [2.05, 4.69) is 32.3 Å². The summed E-state index contributed by atoms with van der Waals surface area (Å²) in [6, 6.07) is 0. The Morgan fingerprint density at radius 3 is 1.67 bits per heavy atom. The van der Waals surface area contributed by atoms with Gasteiger partial charge in [-0.3, -0.25) is 9.59 Å². The molecule has 1 aliphatic rings. The summed E-state index contributed by atoms with van der Waals surface area (Å²) in [7, 11) is 0. The van der Waals surface area contributed by atoms with Crippen LogP contribution in [0, 0.1) is 0 Å². The van der Waals surface area contributed by atoms with Crippen LogP contribution in [0.5, 0.6) is 0 Å². The Morgan fingerprint density at radius 2 is 1.40 bits per heavy atom. The van der Waals surface area contributed by atoms with Crippen molar-refractivity contribution in [2.24, 2.45) is 0 Å². The molecule has 0 amide bonds. The van der Waals surface area contributed by atoms with Crippen LogP contribution in [0.3, 0.4) is 0 Å². The Hall–Kier alpha value is -0.180. The molecule has 1 aliphatic heterocycles. The number of halogens is 2. The number of esters is 2. The van der Waals surface area contributed by atoms with Crippen molar-refractivity contribution in [3.63, 3.8) is 0 Å². The molecule has 1 fully saturated rings. The van der Waals surface area contributed by atoms with Gasteiger partial charge < -0.3 is 9.47 Å². The zero-order valence-electron chi connectivity index (χ0n) is 8.15. The Morgan fingerprint density at radius 1 is 1.07 bits per heavy atom. The molecular weight excluding hydrogens is 336 g/mol. The number of carbonyl (C=O) groups excluding carboxylic acids is 2. The molecule has 0 N–H and O–H groups in total. The van der Waals surface area contributed by atoms with Crippen molar-refractivity contribution in [3.8, 4) is 0 Å². The van der Waals surface area contributed by atoms with E-state index >= 15 is 0 Å². The third-order valence-electron chi connectivity index (χ3n) is 1.64. The zero-order chi connectivity index (χ0) is 11.6. The highest BCUT2D eigenvalue weighted by molar-refractivity contribution is 9.08. The average molecular weight is 346 g/mol. The first-order valence-electron chi connectivity index (χ1n) is 4.11. The lowest BCUT2D eigenvalue weighted by Crippen LogP contribution is -2.38. The van der Waals surface area contributed by atoms with E-state index in [0.717, 1.165) is 0 Å². The fourth-order valence-electron chi connectivity index (χ4n) is 1.14. The lowest BCUT2D eigenvalue weighted by Gasteiger charge is -2.22. The Labute approximate surface area is 104 Å². The third kappa shape index (κ3) is 3.40. The number of ether oxygens (including phenoxy) is 2. The van der Waals surface area contributed by atoms with Gasteiger partial charge in [-0.25, -0.2) is 0 Å². The van der Waals surface area contributed by atoms with E-state index in [1.165, 1.54) is 13.8 Å². The molecule has 2 unspecified atom stereocenters. The van der Waals surface area contributed by atoms with Crippen LogP contribution in [0.15, 0.2) is 0 Å². The van der Waals surface area contributed by atoms with Crippen molar-refractivity contribution in [1.82, 2.24) is 7.85 Å². The molecule has 6 nitrogen and oxygen atoms in total. The minimum absolute atomic E-state index is 0.413. The molecule has 0 saturated carbocycles. The van der Waals surface area contributed by atoms with Crippen LogP contribution in [-0.2, 0) is 19.1 Å². The standard InChI is InChI=1S/C7H10Br2N2O4/c1-4(12)14-6-7(15-5(2)13)11(9)3-10(6)8/h6-7H,3H2,1-2H3. The van der Waals surface area contributed by atoms with Gasteiger partial charge in [0, 0.05) is 46.1 Å². The van der Waals surface area contributed by atoms with Crippen LogP contribution in [-0.4, -0.2) is 38.9 Å². The van der Waals surface area contributed by atoms with Crippen molar-refractivity contribution in [2.45, 2.75) is 26.3 Å². The maximum Gasteiger partial charge on any atom is 0.304 e. The SMILES string of the molecule is CC(=O)OC1C(OC(C)=O)N(Br)CN1Br. The summed E-state index contributed by atoms with van der Waals surface area (Å²) in [5.74, 6) is -0.881. The summed E-state index contributed by atoms with van der Waals surface area (Å²) in [5.41, 5.74) is 0. The van der Waals surface area contributed by atoms with Gasteiger partial charge in [-0.15, -0.1) is 0 Å². The monoisotopic (exact) mass is 344 g/mol. The largest absolute Gasteiger partial charge is 0.440 e. The fourth-order valence-corrected chi connectivity index (χ4v) is 2.49. The highest BCUT2D eigenvalue weighted by Crippen LogP contribution is 2.28. The molecule has 8 heteroatoms. The van der Waals surface area contributed by atoms with E-state index in [1.54, 1.807) is 7.85 Å². The van der Waals surface area contributed by atoms with Gasteiger partial charge in [-0.2, -0.15) is 7.85 Å². The van der Waals surface area contributed by atoms with E-state index in [-0.39, 0.29) is 0 Å². The first kappa shape index (κ1) is 12.9. The quantitative estimate of drug-likeness (QED) is 0.549. The van der Waals surface area contributed by atoms with Gasteiger partial charge in [0.1, 0.15) is 0 Å². The molecule has 1 heterocycles. The number of carbonyl (C=O) groups is 2. The highest BCUT2D eigenvalue weighted by Gasteiger charge is 2.43. The van der Waals surface area contributed by atoms with Crippen LogP contribution in [0.25, 0.3) is 0 Å². The van der Waals surface area contributed by atoms with Gasteiger partial charge in [-0.05, 0) is 0 Å². The normalized spacial score (nSPS) is 27.7. The van der Waals surface area contributed by atoms with Crippen molar-refractivity contribution in [2.75, 3.05) is 6.67 Å². The summed E-state index contributed by atoms with van der Waals surface area (Å²) in [6.07, 6.45) is -1.32. The first-order chi connectivity index (χ1) is 6.91. The predicted octanol–water partition coefficient (Wildman–Crippen LogP) is 0.960. The number of hydrogen-bond acceptors (Lipinski definition) is 6. The van der Waals surface area contributed by atoms with E-state index in [4.69, 9.17) is 9.47 Å². The molecule has 2 atom stereocenters. The Balaban J connectivity index is 2.70. The average Bonchev–Trinajstić information content (AvgIpc) is 2.30. The lowest BCUT2D eigenvalue weighted by atomic mass is 10.5. The second-order valence-corrected chi connectivity index (χ2v) is 4.76. The van der Waals surface area contributed by atoms with Crippen LogP contribution in [0.4, 0.5) is 0 Å². The molecule has 0 aromatic carbocycles. The van der Waals surface area contributed by atoms with Gasteiger partial charge in [0.2, 0.25) is 12.5 Å². The molecule has 86 valence electrons. The minimum atomic E-state index is -0.661. The molecule has 0 bridgehead atoms. The van der Waals surface area contributed by atoms with Crippen molar-refractivity contribution < 1.29 is 19.1 Å². The molecule has 0 spiro atoms. The van der Waals surface area contributed by atoms with Crippen LogP contribution >= 0.6 is 32.3 Å². The third-order valence-corrected chi connectivity index (χ3v) is 2.90. The topological polar surface area (TPSA) is 59.1 Å². The van der Waals surface area contributed by atoms with Crippen molar-refractivity contribution in [1.29, 1.82) is 0 Å². The zero-order valence-corrected chi connectivity index (χ0v) is 11.3. The predicted molar refractivity (Wildman–Crippen MR) is 57.5 cm³/mol. The van der Waals surface area contributed by atoms with Gasteiger partial charge in [0.15, 0.2) is 0 Å². The summed E-state index contributed by atoms with van der Waals surface area (Å²) in [5, 5.41) is 0. The van der Waals surface area contributed by atoms with Crippen molar-refractivity contribution >= 4 is 44.2 Å². The van der Waals surface area contributed by atoms with Gasteiger partial charge in [0.25, 0.3) is 0 Å². The molecule has 0 radical (unpaired) electrons. The van der Waals surface area contributed by atoms with E-state index < -0.39 is 24.4 Å². The van der Waals surface area contributed by atoms with Gasteiger partial charge >= 0.3 is 11.9 Å². The number of rotatable bonds is 2. The minimum Gasteiger partial charge on any atom is -0.440 e. The second kappa shape index (κ2) is 5.24. The maximum atomic E-state index is 10.8. The molecule has 0 aromatic heterocycles. The van der Waals surface area contributed by atoms with E-state index in [1.807, 2.05) is 0 Å². The van der Waals surface area contributed by atoms with Crippen LogP contribution < -0.4 is 0 Å². The van der Waals surface area contributed by atoms with Gasteiger partial charge in [0.05, 0.1) is 6.67 Å². The lowest BCUT2D eigenvalue weighted by molar-refractivity contribution is -0.172. The molecule has 0 aliphatic carbocycles. The second-order valence-electron chi connectivity index (χ2n) is 2.94. The van der Waals surface area contributed by atoms with E-state index in [9.17, 15) is 9.59 Å². The van der Waals surface area contributed by atoms with Crippen LogP contribution in [0.2, 0.25) is 0 Å². The van der Waals surface area contributed by atoms with Crippen LogP contribution in [0.1, 0.15) is 13.8 Å². The van der Waals surface area contributed by atoms with Gasteiger partial charge in [-0.1, -0.05) is 0 Å². The molecule has 1 saturated heterocycles. The molecular formula is C7H10Br2N2O4. The highest BCUT2D eigenvalue weighted by atomic mass is 79.9. The van der Waals surface area contributed by atoms with Crippen molar-refractivity contribution in [3.05, 3.63) is 0 Å². The molecule has 0 aromatic rings. The fraction of sp³-hybridized carbons (Fsp3) is 0.714. The summed E-state index contributed by atoms with van der Waals surface area (Å²) < 4.78 is 13.1. The summed E-state index contributed by atoms with van der Waals surface area (Å²) in [6.45, 7) is 3.00. The number of hydrogen-bond donors (Lipinski definition) is 0. The summed E-state index contributed by atoms with van der Waals surface area (Å²) >= 11 is 6.39. The Bertz CT molecular complexity index is 250. The first-order valence-corrected chi connectivity index (χ1v) is 5.53. The smallest absolute Gasteiger partial charge is 0.304 e. The molecule has 15 heavy (non-hydrogen) atoms. The maximum absolute atomic E-state index is 10.8. The Kier molecular flexibility index (Phi) is 4.50. The van der Waals surface area contributed by atoms with E-state index in [0.29, 0.717) is 6.67 Å². The molecule has 1 rings (SSSR count). The number of nitrogens with zero attached hydrogens (tertiary/aromatic N) is 2.